The highest BCUT2D eigenvalue weighted by molar-refractivity contribution is 7.89. The summed E-state index contributed by atoms with van der Waals surface area (Å²) < 4.78 is 45.6. The molecular weight excluding hydrogens is 377 g/mol. The number of nitrogens with one attached hydrogen (secondary N) is 1. The van der Waals surface area contributed by atoms with Crippen molar-refractivity contribution in [2.75, 3.05) is 20.2 Å². The van der Waals surface area contributed by atoms with Crippen LogP contribution in [0.15, 0.2) is 17.0 Å². The van der Waals surface area contributed by atoms with Gasteiger partial charge in [-0.3, -0.25) is 10.1 Å². The largest absolute Gasteiger partial charge is 0.488 e. The molecule has 2 unspecified atom stereocenters. The van der Waals surface area contributed by atoms with Gasteiger partial charge in [0.15, 0.2) is 5.82 Å². The fourth-order valence-electron chi connectivity index (χ4n) is 3.32. The van der Waals surface area contributed by atoms with E-state index in [9.17, 15) is 22.9 Å². The van der Waals surface area contributed by atoms with Crippen molar-refractivity contribution in [3.8, 4) is 5.75 Å². The number of fused-ring (bicyclic) bond motifs is 2. The Bertz CT molecular complexity index is 776. The van der Waals surface area contributed by atoms with Crippen LogP contribution in [0.2, 0.25) is 0 Å². The standard InChI is InChI=1S/C14H18FN3O5S.ClH/c1-23-14-12(15)6-11(7-13(14)18(19)20)24(21,22)17-5-4-9-2-3-10(8-17)16-9;/h6-7,9-10,16H,2-5,8H2,1H3;1H. The maximum Gasteiger partial charge on any atom is 0.315 e. The molecule has 0 amide bonds. The molecule has 2 heterocycles. The highest BCUT2D eigenvalue weighted by Crippen LogP contribution is 2.34. The molecule has 1 N–H and O–H groups in total. The van der Waals surface area contributed by atoms with Gasteiger partial charge in [-0.25, -0.2) is 12.8 Å². The molecule has 0 aromatic heterocycles. The SMILES string of the molecule is COc1c(F)cc(S(=O)(=O)N2CCC3CCC(C2)N3)cc1[N+](=O)[O-].Cl. The number of rotatable bonds is 4. The molecule has 0 radical (unpaired) electrons. The zero-order valence-corrected chi connectivity index (χ0v) is 15.1. The van der Waals surface area contributed by atoms with Crippen LogP contribution in [0.5, 0.6) is 5.75 Å². The summed E-state index contributed by atoms with van der Waals surface area (Å²) in [5, 5.41) is 14.4. The minimum Gasteiger partial charge on any atom is -0.488 e. The van der Waals surface area contributed by atoms with Gasteiger partial charge in [0, 0.05) is 31.2 Å². The molecule has 140 valence electrons. The quantitative estimate of drug-likeness (QED) is 0.614. The second-order valence-electron chi connectivity index (χ2n) is 6.00. The van der Waals surface area contributed by atoms with Crippen LogP contribution < -0.4 is 10.1 Å². The summed E-state index contributed by atoms with van der Waals surface area (Å²) in [6, 6.07) is 1.98. The molecular formula is C14H19ClFN3O5S. The molecule has 2 fully saturated rings. The van der Waals surface area contributed by atoms with E-state index >= 15 is 0 Å². The molecule has 2 atom stereocenters. The van der Waals surface area contributed by atoms with Crippen LogP contribution in [0, 0.1) is 15.9 Å². The zero-order valence-electron chi connectivity index (χ0n) is 13.5. The summed E-state index contributed by atoms with van der Waals surface area (Å²) in [5.74, 6) is -1.64. The second-order valence-corrected chi connectivity index (χ2v) is 7.94. The average Bonchev–Trinajstić information content (AvgIpc) is 2.84. The van der Waals surface area contributed by atoms with Gasteiger partial charge in [0.1, 0.15) is 0 Å². The van der Waals surface area contributed by atoms with Crippen molar-refractivity contribution >= 4 is 28.1 Å². The first-order chi connectivity index (χ1) is 11.3. The molecule has 3 rings (SSSR count). The highest BCUT2D eigenvalue weighted by atomic mass is 35.5. The maximum absolute atomic E-state index is 14.1. The number of halogens is 2. The lowest BCUT2D eigenvalue weighted by Crippen LogP contribution is -2.39. The molecule has 25 heavy (non-hydrogen) atoms. The number of nitrogens with zero attached hydrogens (tertiary/aromatic N) is 2. The van der Waals surface area contributed by atoms with Gasteiger partial charge in [-0.05, 0) is 25.3 Å². The topological polar surface area (TPSA) is 102 Å². The van der Waals surface area contributed by atoms with Gasteiger partial charge in [-0.1, -0.05) is 0 Å². The molecule has 2 aliphatic heterocycles. The van der Waals surface area contributed by atoms with E-state index in [4.69, 9.17) is 0 Å². The summed E-state index contributed by atoms with van der Waals surface area (Å²) in [7, 11) is -2.92. The molecule has 11 heteroatoms. The van der Waals surface area contributed by atoms with Crippen molar-refractivity contribution in [3.63, 3.8) is 0 Å². The van der Waals surface area contributed by atoms with Crippen LogP contribution in [0.1, 0.15) is 19.3 Å². The van der Waals surface area contributed by atoms with E-state index in [2.05, 4.69) is 10.1 Å². The molecule has 0 aliphatic carbocycles. The van der Waals surface area contributed by atoms with Gasteiger partial charge in [0.2, 0.25) is 15.8 Å². The summed E-state index contributed by atoms with van der Waals surface area (Å²) in [6.07, 6.45) is 2.56. The lowest BCUT2D eigenvalue weighted by Gasteiger charge is -2.23. The first kappa shape index (κ1) is 19.8. The molecule has 2 saturated heterocycles. The molecule has 0 saturated carbocycles. The third-order valence-electron chi connectivity index (χ3n) is 4.52. The number of hydrogen-bond acceptors (Lipinski definition) is 6. The Morgan fingerprint density at radius 2 is 2.00 bits per heavy atom. The van der Waals surface area contributed by atoms with E-state index < -0.39 is 37.1 Å². The maximum atomic E-state index is 14.1. The fraction of sp³-hybridized carbons (Fsp3) is 0.571. The highest BCUT2D eigenvalue weighted by Gasteiger charge is 2.36. The van der Waals surface area contributed by atoms with Crippen LogP contribution in [-0.4, -0.2) is 49.9 Å². The molecule has 1 aromatic rings. The third kappa shape index (κ3) is 3.71. The number of ether oxygens (including phenoxy) is 1. The van der Waals surface area contributed by atoms with Gasteiger partial charge in [0.25, 0.3) is 0 Å². The van der Waals surface area contributed by atoms with Gasteiger partial charge >= 0.3 is 5.69 Å². The lowest BCUT2D eigenvalue weighted by atomic mass is 10.1. The van der Waals surface area contributed by atoms with Crippen molar-refractivity contribution in [1.82, 2.24) is 9.62 Å². The minimum atomic E-state index is -4.02. The smallest absolute Gasteiger partial charge is 0.315 e. The van der Waals surface area contributed by atoms with E-state index in [0.717, 1.165) is 32.1 Å². The van der Waals surface area contributed by atoms with E-state index in [1.165, 1.54) is 4.31 Å². The molecule has 2 aliphatic rings. The number of sulfonamides is 1. The van der Waals surface area contributed by atoms with Crippen molar-refractivity contribution in [1.29, 1.82) is 0 Å². The van der Waals surface area contributed by atoms with Crippen molar-refractivity contribution in [2.45, 2.75) is 36.2 Å². The Morgan fingerprint density at radius 1 is 1.32 bits per heavy atom. The Kier molecular flexibility index (Phi) is 5.87. The van der Waals surface area contributed by atoms with E-state index in [-0.39, 0.29) is 31.0 Å². The second kappa shape index (κ2) is 7.40. The molecule has 0 spiro atoms. The van der Waals surface area contributed by atoms with Gasteiger partial charge < -0.3 is 10.1 Å². The van der Waals surface area contributed by atoms with Crippen molar-refractivity contribution < 1.29 is 22.5 Å². The number of benzene rings is 1. The fourth-order valence-corrected chi connectivity index (χ4v) is 4.85. The Morgan fingerprint density at radius 3 is 2.64 bits per heavy atom. The normalized spacial score (nSPS) is 23.6. The van der Waals surface area contributed by atoms with Crippen LogP contribution in [-0.2, 0) is 10.0 Å². The van der Waals surface area contributed by atoms with Gasteiger partial charge in [-0.15, -0.1) is 12.4 Å². The lowest BCUT2D eigenvalue weighted by molar-refractivity contribution is -0.386. The molecule has 2 bridgehead atoms. The summed E-state index contributed by atoms with van der Waals surface area (Å²) in [4.78, 5) is 9.81. The van der Waals surface area contributed by atoms with E-state index in [1.807, 2.05) is 0 Å². The minimum absolute atomic E-state index is 0. The first-order valence-corrected chi connectivity index (χ1v) is 9.05. The first-order valence-electron chi connectivity index (χ1n) is 7.61. The third-order valence-corrected chi connectivity index (χ3v) is 6.36. The van der Waals surface area contributed by atoms with Crippen molar-refractivity contribution in [2.24, 2.45) is 0 Å². The van der Waals surface area contributed by atoms with Crippen LogP contribution in [0.25, 0.3) is 0 Å². The number of methoxy groups -OCH3 is 1. The van der Waals surface area contributed by atoms with Crippen LogP contribution in [0.4, 0.5) is 10.1 Å². The monoisotopic (exact) mass is 395 g/mol. The summed E-state index contributed by atoms with van der Waals surface area (Å²) >= 11 is 0. The summed E-state index contributed by atoms with van der Waals surface area (Å²) in [6.45, 7) is 0.582. The predicted molar refractivity (Wildman–Crippen MR) is 90.2 cm³/mol. The van der Waals surface area contributed by atoms with Gasteiger partial charge in [-0.2, -0.15) is 4.31 Å². The van der Waals surface area contributed by atoms with Crippen molar-refractivity contribution in [3.05, 3.63) is 28.1 Å². The molecule has 8 nitrogen and oxygen atoms in total. The predicted octanol–water partition coefficient (Wildman–Crippen LogP) is 1.68. The van der Waals surface area contributed by atoms with E-state index in [0.29, 0.717) is 13.0 Å². The number of hydrogen-bond donors (Lipinski definition) is 1. The Balaban J connectivity index is 0.00000225. The molecule has 1 aromatic carbocycles. The number of nitro groups is 1. The van der Waals surface area contributed by atoms with Crippen LogP contribution >= 0.6 is 12.4 Å². The zero-order chi connectivity index (χ0) is 17.5. The summed E-state index contributed by atoms with van der Waals surface area (Å²) in [5.41, 5.74) is -0.703. The Labute approximate surface area is 150 Å². The van der Waals surface area contributed by atoms with Gasteiger partial charge in [0.05, 0.1) is 16.9 Å². The van der Waals surface area contributed by atoms with E-state index in [1.54, 1.807) is 0 Å². The Hall–Kier alpha value is -1.49. The van der Waals surface area contributed by atoms with Crippen LogP contribution in [0.3, 0.4) is 0 Å². The number of nitro benzene ring substituents is 1. The average molecular weight is 396 g/mol.